The van der Waals surface area contributed by atoms with Gasteiger partial charge in [-0.05, 0) is 17.5 Å². The van der Waals surface area contributed by atoms with Crippen LogP contribution in [-0.2, 0) is 0 Å². The quantitative estimate of drug-likeness (QED) is 0.552. The second-order valence-corrected chi connectivity index (χ2v) is 7.31. The maximum atomic E-state index is 13.0. The van der Waals surface area contributed by atoms with Crippen molar-refractivity contribution in [3.63, 3.8) is 0 Å². The minimum atomic E-state index is -0.524. The summed E-state index contributed by atoms with van der Waals surface area (Å²) in [5.41, 5.74) is 0.782. The highest BCUT2D eigenvalue weighted by atomic mass is 16.5. The van der Waals surface area contributed by atoms with Gasteiger partial charge in [-0.2, -0.15) is 10.1 Å². The highest BCUT2D eigenvalue weighted by molar-refractivity contribution is 6.05. The van der Waals surface area contributed by atoms with Crippen LogP contribution in [-0.4, -0.2) is 41.2 Å². The van der Waals surface area contributed by atoms with E-state index in [9.17, 15) is 4.79 Å². The summed E-state index contributed by atoms with van der Waals surface area (Å²) in [4.78, 5) is 29.8. The summed E-state index contributed by atoms with van der Waals surface area (Å²) < 4.78 is 5.41. The van der Waals surface area contributed by atoms with E-state index >= 15 is 0 Å². The molecule has 0 aliphatic carbocycles. The highest BCUT2D eigenvalue weighted by Gasteiger charge is 2.33. The van der Waals surface area contributed by atoms with Crippen LogP contribution in [0.15, 0.2) is 41.6 Å². The lowest BCUT2D eigenvalue weighted by atomic mass is 9.86. The van der Waals surface area contributed by atoms with Crippen LogP contribution in [0, 0.1) is 5.41 Å². The van der Waals surface area contributed by atoms with Gasteiger partial charge in [-0.15, -0.1) is 0 Å². The summed E-state index contributed by atoms with van der Waals surface area (Å²) in [6.45, 7) is 5.92. The summed E-state index contributed by atoms with van der Waals surface area (Å²) >= 11 is 0. The Labute approximate surface area is 159 Å². The van der Waals surface area contributed by atoms with Gasteiger partial charge in [0.05, 0.1) is 11.1 Å². The summed E-state index contributed by atoms with van der Waals surface area (Å²) in [6, 6.07) is 2.89. The first-order valence-corrected chi connectivity index (χ1v) is 8.62. The van der Waals surface area contributed by atoms with Crippen LogP contribution in [0.5, 0.6) is 0 Å². The van der Waals surface area contributed by atoms with Crippen molar-refractivity contribution in [2.75, 3.05) is 0 Å². The Morgan fingerprint density at radius 3 is 2.82 bits per heavy atom. The smallest absolute Gasteiger partial charge is 0.252 e. The number of carbonyl (C=O) groups excluding carboxylic acids is 1. The third-order valence-electron chi connectivity index (χ3n) is 4.24. The predicted molar refractivity (Wildman–Crippen MR) is 98.9 cm³/mol. The molecular weight excluding hydrogens is 360 g/mol. The maximum absolute atomic E-state index is 13.0. The molecule has 4 aromatic rings. The third kappa shape index (κ3) is 3.31. The van der Waals surface area contributed by atoms with Crippen molar-refractivity contribution in [3.05, 3.63) is 48.5 Å². The first-order valence-electron chi connectivity index (χ1n) is 8.62. The molecule has 0 radical (unpaired) electrons. The molecular formula is C18H18N8O2. The molecule has 1 atom stereocenters. The lowest BCUT2D eigenvalue weighted by Gasteiger charge is -2.28. The van der Waals surface area contributed by atoms with Crippen molar-refractivity contribution >= 4 is 16.8 Å². The van der Waals surface area contributed by atoms with Gasteiger partial charge in [-0.3, -0.25) is 19.9 Å². The Balaban J connectivity index is 1.67. The number of aromatic amines is 1. The van der Waals surface area contributed by atoms with Gasteiger partial charge in [-0.1, -0.05) is 25.9 Å². The molecule has 4 aromatic heterocycles. The summed E-state index contributed by atoms with van der Waals surface area (Å²) in [5.74, 6) is 0.665. The fourth-order valence-corrected chi connectivity index (χ4v) is 2.81. The van der Waals surface area contributed by atoms with Crippen LogP contribution in [0.2, 0.25) is 0 Å². The van der Waals surface area contributed by atoms with Crippen LogP contribution < -0.4 is 5.32 Å². The van der Waals surface area contributed by atoms with Gasteiger partial charge in [-0.25, -0.2) is 4.98 Å². The zero-order valence-electron chi connectivity index (χ0n) is 15.5. The predicted octanol–water partition coefficient (Wildman–Crippen LogP) is 2.32. The van der Waals surface area contributed by atoms with Gasteiger partial charge in [0.15, 0.2) is 5.82 Å². The van der Waals surface area contributed by atoms with Gasteiger partial charge in [0.2, 0.25) is 11.7 Å². The second-order valence-electron chi connectivity index (χ2n) is 7.31. The standard InChI is InChI=1S/C18H18N8O2/c1-18(2,3)13(17-24-15(26-28-17)14-21-9-22-25-14)23-16(27)10-4-7-20-12-5-6-19-8-11(10)12/h4-9,13H,1-3H3,(H,23,27)(H,21,22,25)/t13-/m1/s1. The van der Waals surface area contributed by atoms with Crippen molar-refractivity contribution in [3.8, 4) is 11.6 Å². The molecule has 0 unspecified atom stereocenters. The van der Waals surface area contributed by atoms with Crippen molar-refractivity contribution in [2.45, 2.75) is 26.8 Å². The van der Waals surface area contributed by atoms with E-state index < -0.39 is 6.04 Å². The first-order chi connectivity index (χ1) is 13.4. The molecule has 1 amide bonds. The molecule has 0 aromatic carbocycles. The molecule has 2 N–H and O–H groups in total. The molecule has 4 heterocycles. The average molecular weight is 378 g/mol. The van der Waals surface area contributed by atoms with E-state index in [4.69, 9.17) is 4.52 Å². The van der Waals surface area contributed by atoms with E-state index in [1.165, 1.54) is 6.33 Å². The average Bonchev–Trinajstić information content (AvgIpc) is 3.36. The Morgan fingerprint density at radius 2 is 2.07 bits per heavy atom. The molecule has 0 aliphatic heterocycles. The molecule has 28 heavy (non-hydrogen) atoms. The van der Waals surface area contributed by atoms with Crippen molar-refractivity contribution in [2.24, 2.45) is 5.41 Å². The fourth-order valence-electron chi connectivity index (χ4n) is 2.81. The minimum Gasteiger partial charge on any atom is -0.340 e. The zero-order valence-corrected chi connectivity index (χ0v) is 15.5. The van der Waals surface area contributed by atoms with E-state index in [-0.39, 0.29) is 23.0 Å². The van der Waals surface area contributed by atoms with E-state index in [0.29, 0.717) is 22.3 Å². The monoisotopic (exact) mass is 378 g/mol. The van der Waals surface area contributed by atoms with E-state index in [1.807, 2.05) is 20.8 Å². The minimum absolute atomic E-state index is 0.273. The van der Waals surface area contributed by atoms with Crippen molar-refractivity contribution in [1.29, 1.82) is 0 Å². The molecule has 0 saturated heterocycles. The number of hydrogen-bond acceptors (Lipinski definition) is 8. The van der Waals surface area contributed by atoms with E-state index in [2.05, 4.69) is 40.6 Å². The molecule has 0 bridgehead atoms. The molecule has 10 nitrogen and oxygen atoms in total. The van der Waals surface area contributed by atoms with E-state index in [0.717, 1.165) is 0 Å². The van der Waals surface area contributed by atoms with Crippen molar-refractivity contribution in [1.82, 2.24) is 40.6 Å². The lowest BCUT2D eigenvalue weighted by Crippen LogP contribution is -2.37. The fraction of sp³-hybridized carbons (Fsp3) is 0.278. The van der Waals surface area contributed by atoms with E-state index in [1.54, 1.807) is 30.7 Å². The first kappa shape index (κ1) is 17.7. The van der Waals surface area contributed by atoms with Gasteiger partial charge < -0.3 is 9.84 Å². The normalized spacial score (nSPS) is 12.8. The number of H-pyrrole nitrogens is 1. The number of nitrogens with zero attached hydrogens (tertiary/aromatic N) is 6. The number of aromatic nitrogens is 7. The summed E-state index contributed by atoms with van der Waals surface area (Å²) in [5, 5.41) is 14.1. The number of nitrogens with one attached hydrogen (secondary N) is 2. The van der Waals surface area contributed by atoms with Crippen LogP contribution >= 0.6 is 0 Å². The van der Waals surface area contributed by atoms with Gasteiger partial charge in [0.1, 0.15) is 12.4 Å². The van der Waals surface area contributed by atoms with Crippen LogP contribution in [0.1, 0.15) is 43.1 Å². The third-order valence-corrected chi connectivity index (χ3v) is 4.24. The van der Waals surface area contributed by atoms with Gasteiger partial charge in [0, 0.05) is 24.0 Å². The molecule has 0 aliphatic rings. The molecule has 142 valence electrons. The van der Waals surface area contributed by atoms with Crippen LogP contribution in [0.4, 0.5) is 0 Å². The molecule has 0 spiro atoms. The number of pyridine rings is 2. The number of carbonyl (C=O) groups is 1. The largest absolute Gasteiger partial charge is 0.340 e. The Morgan fingerprint density at radius 1 is 1.21 bits per heavy atom. The molecule has 0 saturated carbocycles. The second kappa shape index (κ2) is 6.80. The van der Waals surface area contributed by atoms with Crippen LogP contribution in [0.25, 0.3) is 22.6 Å². The lowest BCUT2D eigenvalue weighted by molar-refractivity contribution is 0.0882. The van der Waals surface area contributed by atoms with Crippen LogP contribution in [0.3, 0.4) is 0 Å². The number of fused-ring (bicyclic) bond motifs is 1. The molecule has 4 rings (SSSR count). The SMILES string of the molecule is CC(C)(C)[C@H](NC(=O)c1ccnc2ccncc12)c1nc(-c2ncn[nH]2)no1. The van der Waals surface area contributed by atoms with Gasteiger partial charge >= 0.3 is 0 Å². The van der Waals surface area contributed by atoms with Gasteiger partial charge in [0.25, 0.3) is 5.91 Å². The maximum Gasteiger partial charge on any atom is 0.252 e. The number of hydrogen-bond donors (Lipinski definition) is 2. The topological polar surface area (TPSA) is 135 Å². The number of rotatable bonds is 4. The van der Waals surface area contributed by atoms with Crippen molar-refractivity contribution < 1.29 is 9.32 Å². The molecule has 10 heteroatoms. The molecule has 0 fully saturated rings. The zero-order chi connectivity index (χ0) is 19.7. The Bertz CT molecular complexity index is 1110. The Hall–Kier alpha value is -3.69. The summed E-state index contributed by atoms with van der Waals surface area (Å²) in [7, 11) is 0. The summed E-state index contributed by atoms with van der Waals surface area (Å²) in [6.07, 6.45) is 6.21. The number of amides is 1. The highest BCUT2D eigenvalue weighted by Crippen LogP contribution is 2.33. The Kier molecular flexibility index (Phi) is 4.30.